The van der Waals surface area contributed by atoms with Gasteiger partial charge >= 0.3 is 0 Å². The fraction of sp³-hybridized carbons (Fsp3) is 0.400. The van der Waals surface area contributed by atoms with Gasteiger partial charge in [-0.25, -0.2) is 0 Å². The third-order valence-corrected chi connectivity index (χ3v) is 3.51. The van der Waals surface area contributed by atoms with E-state index in [0.717, 1.165) is 5.56 Å². The van der Waals surface area contributed by atoms with Gasteiger partial charge < -0.3 is 19.7 Å². The van der Waals surface area contributed by atoms with E-state index in [1.165, 1.54) is 19.1 Å². The second-order valence-electron chi connectivity index (χ2n) is 4.73. The minimum absolute atomic E-state index is 0.0278. The summed E-state index contributed by atoms with van der Waals surface area (Å²) in [5.74, 6) is -0.474. The number of hydrogen-bond acceptors (Lipinski definition) is 5. The lowest BCUT2D eigenvalue weighted by atomic mass is 10.1. The van der Waals surface area contributed by atoms with Gasteiger partial charge in [0.2, 0.25) is 11.5 Å². The van der Waals surface area contributed by atoms with E-state index in [2.05, 4.69) is 0 Å². The molecule has 0 aliphatic carbocycles. The van der Waals surface area contributed by atoms with E-state index in [1.54, 1.807) is 0 Å². The maximum absolute atomic E-state index is 12.4. The van der Waals surface area contributed by atoms with Gasteiger partial charge in [-0.15, -0.1) is 0 Å². The van der Waals surface area contributed by atoms with Gasteiger partial charge in [-0.1, -0.05) is 30.3 Å². The second kappa shape index (κ2) is 6.15. The summed E-state index contributed by atoms with van der Waals surface area (Å²) in [5, 5.41) is 20.0. The highest BCUT2D eigenvalue weighted by molar-refractivity contribution is 5.95. The lowest BCUT2D eigenvalue weighted by Gasteiger charge is -2.34. The molecule has 1 heterocycles. The summed E-state index contributed by atoms with van der Waals surface area (Å²) in [6.45, 7) is -0.102. The van der Waals surface area contributed by atoms with Gasteiger partial charge in [-0.05, 0) is 5.56 Å². The Balaban J connectivity index is 2.38. The third-order valence-electron chi connectivity index (χ3n) is 3.51. The number of rotatable bonds is 6. The number of carbonyl (C=O) groups is 1. The van der Waals surface area contributed by atoms with Gasteiger partial charge in [0.25, 0.3) is 5.91 Å². The zero-order valence-electron chi connectivity index (χ0n) is 12.1. The maximum atomic E-state index is 12.4. The standard InChI is InChI=1S/C15H19NO5/c1-20-12-13(21-2)15(19,8-9-17)16(14(12)18)10-11-6-4-3-5-7-11/h3-7,17,19H,8-10H2,1-2H3. The number of amides is 1. The first-order valence-corrected chi connectivity index (χ1v) is 6.60. The molecule has 1 aromatic carbocycles. The number of hydrogen-bond donors (Lipinski definition) is 2. The van der Waals surface area contributed by atoms with Crippen LogP contribution in [0.15, 0.2) is 41.9 Å². The molecule has 1 aliphatic rings. The molecule has 6 nitrogen and oxygen atoms in total. The summed E-state index contributed by atoms with van der Waals surface area (Å²) in [4.78, 5) is 13.7. The molecule has 1 atom stereocenters. The van der Waals surface area contributed by atoms with Crippen molar-refractivity contribution in [2.45, 2.75) is 18.7 Å². The summed E-state index contributed by atoms with van der Waals surface area (Å²) in [6, 6.07) is 9.27. The van der Waals surface area contributed by atoms with Gasteiger partial charge in [0.05, 0.1) is 14.2 Å². The van der Waals surface area contributed by atoms with Gasteiger partial charge in [0.1, 0.15) is 0 Å². The van der Waals surface area contributed by atoms with Crippen molar-refractivity contribution in [2.24, 2.45) is 0 Å². The Labute approximate surface area is 123 Å². The van der Waals surface area contributed by atoms with E-state index < -0.39 is 11.6 Å². The maximum Gasteiger partial charge on any atom is 0.295 e. The molecule has 0 aromatic heterocycles. The van der Waals surface area contributed by atoms with Crippen LogP contribution < -0.4 is 0 Å². The lowest BCUT2D eigenvalue weighted by Crippen LogP contribution is -2.48. The number of carbonyl (C=O) groups excluding carboxylic acids is 1. The van der Waals surface area contributed by atoms with Gasteiger partial charge in [0.15, 0.2) is 5.76 Å². The molecule has 6 heteroatoms. The third kappa shape index (κ3) is 2.59. The number of benzene rings is 1. The zero-order valence-corrected chi connectivity index (χ0v) is 12.1. The van der Waals surface area contributed by atoms with Crippen molar-refractivity contribution in [2.75, 3.05) is 20.8 Å². The molecule has 1 amide bonds. The monoisotopic (exact) mass is 293 g/mol. The van der Waals surface area contributed by atoms with Crippen LogP contribution in [0.25, 0.3) is 0 Å². The molecule has 0 saturated heterocycles. The molecule has 0 spiro atoms. The number of aliphatic hydroxyl groups excluding tert-OH is 1. The van der Waals surface area contributed by atoms with Crippen molar-refractivity contribution < 1.29 is 24.5 Å². The molecule has 0 radical (unpaired) electrons. The van der Waals surface area contributed by atoms with Crippen LogP contribution >= 0.6 is 0 Å². The Morgan fingerprint density at radius 3 is 2.38 bits per heavy atom. The molecular formula is C15H19NO5. The molecule has 21 heavy (non-hydrogen) atoms. The predicted molar refractivity (Wildman–Crippen MR) is 74.7 cm³/mol. The van der Waals surface area contributed by atoms with Crippen LogP contribution in [0.3, 0.4) is 0 Å². The van der Waals surface area contributed by atoms with Gasteiger partial charge in [-0.2, -0.15) is 0 Å². The summed E-state index contributed by atoms with van der Waals surface area (Å²) in [6.07, 6.45) is -0.0540. The number of aliphatic hydroxyl groups is 2. The molecule has 0 bridgehead atoms. The van der Waals surface area contributed by atoms with E-state index in [1.807, 2.05) is 30.3 Å². The molecule has 114 valence electrons. The van der Waals surface area contributed by atoms with Crippen LogP contribution in [0.5, 0.6) is 0 Å². The smallest absolute Gasteiger partial charge is 0.295 e. The SMILES string of the molecule is COC1=C(OC)C(O)(CCO)N(Cc2ccccc2)C1=O. The molecule has 1 aromatic rings. The van der Waals surface area contributed by atoms with Crippen molar-refractivity contribution >= 4 is 5.91 Å². The van der Waals surface area contributed by atoms with Crippen molar-refractivity contribution in [3.05, 3.63) is 47.4 Å². The van der Waals surface area contributed by atoms with Crippen molar-refractivity contribution in [3.63, 3.8) is 0 Å². The minimum Gasteiger partial charge on any atom is -0.492 e. The van der Waals surface area contributed by atoms with Crippen LogP contribution in [-0.2, 0) is 20.8 Å². The van der Waals surface area contributed by atoms with Crippen molar-refractivity contribution in [1.82, 2.24) is 4.90 Å². The minimum atomic E-state index is -1.71. The Morgan fingerprint density at radius 1 is 1.19 bits per heavy atom. The largest absolute Gasteiger partial charge is 0.492 e. The quantitative estimate of drug-likeness (QED) is 0.803. The molecule has 0 fully saturated rings. The molecule has 2 N–H and O–H groups in total. The summed E-state index contributed by atoms with van der Waals surface area (Å²) < 4.78 is 10.2. The normalized spacial score (nSPS) is 21.9. The fourth-order valence-corrected chi connectivity index (χ4v) is 2.50. The van der Waals surface area contributed by atoms with Gasteiger partial charge in [0, 0.05) is 19.6 Å². The lowest BCUT2D eigenvalue weighted by molar-refractivity contribution is -0.152. The highest BCUT2D eigenvalue weighted by Gasteiger charge is 2.52. The second-order valence-corrected chi connectivity index (χ2v) is 4.73. The average molecular weight is 293 g/mol. The van der Waals surface area contributed by atoms with Crippen LogP contribution in [0.1, 0.15) is 12.0 Å². The molecule has 1 unspecified atom stereocenters. The van der Waals surface area contributed by atoms with Crippen LogP contribution in [0.4, 0.5) is 0 Å². The highest BCUT2D eigenvalue weighted by Crippen LogP contribution is 2.38. The van der Waals surface area contributed by atoms with E-state index in [4.69, 9.17) is 9.47 Å². The summed E-state index contributed by atoms with van der Waals surface area (Å²) >= 11 is 0. The first-order valence-electron chi connectivity index (χ1n) is 6.60. The van der Waals surface area contributed by atoms with E-state index >= 15 is 0 Å². The van der Waals surface area contributed by atoms with Crippen LogP contribution in [0, 0.1) is 0 Å². The molecular weight excluding hydrogens is 274 g/mol. The zero-order chi connectivity index (χ0) is 15.5. The molecule has 2 rings (SSSR count). The Bertz CT molecular complexity index is 542. The van der Waals surface area contributed by atoms with Crippen molar-refractivity contribution in [3.8, 4) is 0 Å². The Morgan fingerprint density at radius 2 is 1.86 bits per heavy atom. The Kier molecular flexibility index (Phi) is 4.50. The van der Waals surface area contributed by atoms with E-state index in [9.17, 15) is 15.0 Å². The number of ether oxygens (including phenoxy) is 2. The topological polar surface area (TPSA) is 79.2 Å². The summed E-state index contributed by atoms with van der Waals surface area (Å²) in [7, 11) is 2.70. The van der Waals surface area contributed by atoms with Crippen LogP contribution in [-0.4, -0.2) is 47.6 Å². The average Bonchev–Trinajstić information content (AvgIpc) is 2.69. The van der Waals surface area contributed by atoms with Gasteiger partial charge in [-0.3, -0.25) is 9.69 Å². The Hall–Kier alpha value is -2.05. The number of methoxy groups -OCH3 is 2. The molecule has 0 saturated carbocycles. The molecule has 1 aliphatic heterocycles. The summed E-state index contributed by atoms with van der Waals surface area (Å²) in [5.41, 5.74) is -0.850. The first-order chi connectivity index (χ1) is 10.1. The highest BCUT2D eigenvalue weighted by atomic mass is 16.5. The van der Waals surface area contributed by atoms with E-state index in [-0.39, 0.29) is 31.1 Å². The first kappa shape index (κ1) is 15.3. The van der Waals surface area contributed by atoms with E-state index in [0.29, 0.717) is 0 Å². The number of nitrogens with zero attached hydrogens (tertiary/aromatic N) is 1. The van der Waals surface area contributed by atoms with Crippen LogP contribution in [0.2, 0.25) is 0 Å². The van der Waals surface area contributed by atoms with Crippen molar-refractivity contribution in [1.29, 1.82) is 0 Å². The predicted octanol–water partition coefficient (Wildman–Crippen LogP) is 0.604. The fourth-order valence-electron chi connectivity index (χ4n) is 2.50.